The molecule has 0 aromatic carbocycles. The first-order valence-corrected chi connectivity index (χ1v) is 14.1. The molecule has 0 heterocycles. The molecule has 0 aromatic rings. The summed E-state index contributed by atoms with van der Waals surface area (Å²) >= 11 is 0. The Morgan fingerprint density at radius 1 is 0.972 bits per heavy atom. The van der Waals surface area contributed by atoms with Crippen molar-refractivity contribution in [3.8, 4) is 0 Å². The maximum absolute atomic E-state index is 11.1. The molecule has 0 radical (unpaired) electrons. The highest BCUT2D eigenvalue weighted by Gasteiger charge is 2.35. The molecule has 0 spiro atoms. The highest BCUT2D eigenvalue weighted by molar-refractivity contribution is 5.28. The van der Waals surface area contributed by atoms with Crippen molar-refractivity contribution in [2.75, 3.05) is 33.1 Å². The first-order chi connectivity index (χ1) is 17.4. The first-order valence-electron chi connectivity index (χ1n) is 14.1. The zero-order valence-electron chi connectivity index (χ0n) is 23.4. The first kappa shape index (κ1) is 32.5. The number of rotatable bonds is 14. The summed E-state index contributed by atoms with van der Waals surface area (Å²) in [6, 6.07) is 0. The Hall–Kier alpha value is -1.52. The summed E-state index contributed by atoms with van der Waals surface area (Å²) in [5, 5.41) is 0. The summed E-state index contributed by atoms with van der Waals surface area (Å²) in [7, 11) is 0. The molecule has 2 saturated carbocycles. The van der Waals surface area contributed by atoms with E-state index in [2.05, 4.69) is 63.0 Å². The van der Waals surface area contributed by atoms with Gasteiger partial charge in [0.2, 0.25) is 0 Å². The highest BCUT2D eigenvalue weighted by atomic mass is 19.2. The second-order valence-electron chi connectivity index (χ2n) is 10.2. The number of ether oxygens (including phenoxy) is 2. The van der Waals surface area contributed by atoms with Crippen LogP contribution in [0.4, 0.5) is 8.78 Å². The molecule has 0 saturated heterocycles. The average molecular weight is 507 g/mol. The average Bonchev–Trinajstić information content (AvgIpc) is 2.89. The van der Waals surface area contributed by atoms with Gasteiger partial charge in [-0.05, 0) is 103 Å². The third kappa shape index (κ3) is 14.3. The largest absolute Gasteiger partial charge is 0.378 e. The van der Waals surface area contributed by atoms with Crippen LogP contribution in [0.25, 0.3) is 0 Å². The van der Waals surface area contributed by atoms with Crippen LogP contribution in [-0.2, 0) is 9.47 Å². The van der Waals surface area contributed by atoms with Crippen LogP contribution in [0.2, 0.25) is 0 Å². The summed E-state index contributed by atoms with van der Waals surface area (Å²) in [6.07, 6.45) is 24.4. The Kier molecular flexibility index (Phi) is 18.5. The van der Waals surface area contributed by atoms with Crippen molar-refractivity contribution in [2.45, 2.75) is 85.2 Å². The zero-order valence-corrected chi connectivity index (χ0v) is 23.4. The van der Waals surface area contributed by atoms with Gasteiger partial charge in [0, 0.05) is 13.2 Å². The normalized spacial score (nSPS) is 25.7. The van der Waals surface area contributed by atoms with Crippen molar-refractivity contribution in [3.63, 3.8) is 0 Å². The number of allylic oxidation sites excluding steroid dienone is 7. The third-order valence-corrected chi connectivity index (χ3v) is 7.33. The van der Waals surface area contributed by atoms with E-state index in [-0.39, 0.29) is 0 Å². The predicted octanol–water partition coefficient (Wildman–Crippen LogP) is 9.16. The molecule has 5 unspecified atom stereocenters. The van der Waals surface area contributed by atoms with E-state index in [1.54, 1.807) is 0 Å². The molecule has 206 valence electrons. The van der Waals surface area contributed by atoms with Gasteiger partial charge < -0.3 is 9.47 Å². The second-order valence-corrected chi connectivity index (χ2v) is 10.2. The molecule has 0 aliphatic heterocycles. The summed E-state index contributed by atoms with van der Waals surface area (Å²) in [5.74, 6) is 3.21. The standard InChI is InChI=1S/C29H46O2.C3H6F2/c1-5-8-9-12-25(6-2)14-13-24(4)27-17-18-28-21-26(15-16-29(28)22-27)23-31-20-11-10-19-30-7-3;1-3(5)2-4/h5-6,8,10-11,13-14,26-29H,4,7,9,12,15-23H2,1-3H3;3H,2H2,1H3/b8-5+,11-10-,14-13-,25-6-;. The van der Waals surface area contributed by atoms with E-state index in [0.29, 0.717) is 12.5 Å². The van der Waals surface area contributed by atoms with Gasteiger partial charge in [0.15, 0.2) is 0 Å². The molecular formula is C32H52F2O2. The van der Waals surface area contributed by atoms with Gasteiger partial charge in [-0.2, -0.15) is 0 Å². The molecule has 2 aliphatic carbocycles. The van der Waals surface area contributed by atoms with Gasteiger partial charge in [-0.1, -0.05) is 60.3 Å². The van der Waals surface area contributed by atoms with Crippen LogP contribution in [0.1, 0.15) is 79.1 Å². The van der Waals surface area contributed by atoms with E-state index in [1.807, 2.05) is 6.92 Å². The van der Waals surface area contributed by atoms with Gasteiger partial charge in [-0.15, -0.1) is 0 Å². The van der Waals surface area contributed by atoms with Crippen molar-refractivity contribution in [3.05, 3.63) is 60.3 Å². The number of alkyl halides is 2. The summed E-state index contributed by atoms with van der Waals surface area (Å²) < 4.78 is 33.0. The zero-order chi connectivity index (χ0) is 26.6. The van der Waals surface area contributed by atoms with E-state index in [0.717, 1.165) is 50.4 Å². The lowest BCUT2D eigenvalue weighted by Gasteiger charge is -2.42. The lowest BCUT2D eigenvalue weighted by atomic mass is 9.64. The molecular weight excluding hydrogens is 454 g/mol. The Morgan fingerprint density at radius 2 is 1.64 bits per heavy atom. The highest BCUT2D eigenvalue weighted by Crippen LogP contribution is 2.46. The maximum Gasteiger partial charge on any atom is 0.126 e. The van der Waals surface area contributed by atoms with Crippen molar-refractivity contribution in [1.29, 1.82) is 0 Å². The number of fused-ring (bicyclic) bond motifs is 1. The van der Waals surface area contributed by atoms with Gasteiger partial charge in [0.1, 0.15) is 12.8 Å². The van der Waals surface area contributed by atoms with Crippen LogP contribution < -0.4 is 0 Å². The fourth-order valence-electron chi connectivity index (χ4n) is 5.19. The van der Waals surface area contributed by atoms with Crippen molar-refractivity contribution < 1.29 is 18.3 Å². The van der Waals surface area contributed by atoms with Gasteiger partial charge in [-0.3, -0.25) is 0 Å². The van der Waals surface area contributed by atoms with E-state index in [1.165, 1.54) is 56.6 Å². The van der Waals surface area contributed by atoms with E-state index in [4.69, 9.17) is 9.47 Å². The molecule has 2 aliphatic rings. The van der Waals surface area contributed by atoms with Gasteiger partial charge in [-0.25, -0.2) is 8.78 Å². The Bertz CT molecular complexity index is 692. The molecule has 0 bridgehead atoms. The number of hydrogen-bond donors (Lipinski definition) is 0. The number of halogens is 2. The van der Waals surface area contributed by atoms with E-state index >= 15 is 0 Å². The number of hydrogen-bond acceptors (Lipinski definition) is 2. The summed E-state index contributed by atoms with van der Waals surface area (Å²) in [6.45, 7) is 14.1. The molecule has 4 heteroatoms. The van der Waals surface area contributed by atoms with Gasteiger partial charge in [0.05, 0.1) is 13.2 Å². The minimum atomic E-state index is -1.28. The predicted molar refractivity (Wildman–Crippen MR) is 151 cm³/mol. The van der Waals surface area contributed by atoms with E-state index in [9.17, 15) is 8.78 Å². The monoisotopic (exact) mass is 506 g/mol. The lowest BCUT2D eigenvalue weighted by Crippen LogP contribution is -2.32. The molecule has 5 atom stereocenters. The molecule has 2 fully saturated rings. The quantitative estimate of drug-likeness (QED) is 0.133. The Labute approximate surface area is 220 Å². The third-order valence-electron chi connectivity index (χ3n) is 7.33. The SMILES string of the molecule is C=C(/C=C\C(=C/C)CC/C=C/C)C1CCC2CC(COC/C=C\COCC)CCC2C1.CC(F)CF. The Balaban J connectivity index is 0.00000118. The molecule has 2 rings (SSSR count). The summed E-state index contributed by atoms with van der Waals surface area (Å²) in [5.41, 5.74) is 2.76. The Morgan fingerprint density at radius 3 is 2.28 bits per heavy atom. The summed E-state index contributed by atoms with van der Waals surface area (Å²) in [4.78, 5) is 0. The van der Waals surface area contributed by atoms with Crippen LogP contribution in [0.5, 0.6) is 0 Å². The van der Waals surface area contributed by atoms with Crippen LogP contribution >= 0.6 is 0 Å². The smallest absolute Gasteiger partial charge is 0.126 e. The second kappa shape index (κ2) is 20.5. The van der Waals surface area contributed by atoms with Gasteiger partial charge >= 0.3 is 0 Å². The fraction of sp³-hybridized carbons (Fsp3) is 0.688. The van der Waals surface area contributed by atoms with Crippen molar-refractivity contribution >= 4 is 0 Å². The molecule has 36 heavy (non-hydrogen) atoms. The van der Waals surface area contributed by atoms with Crippen LogP contribution in [0, 0.1) is 23.7 Å². The van der Waals surface area contributed by atoms with Crippen molar-refractivity contribution in [1.82, 2.24) is 0 Å². The van der Waals surface area contributed by atoms with Gasteiger partial charge in [0.25, 0.3) is 0 Å². The maximum atomic E-state index is 11.1. The topological polar surface area (TPSA) is 18.5 Å². The minimum Gasteiger partial charge on any atom is -0.378 e. The van der Waals surface area contributed by atoms with Crippen LogP contribution in [0.15, 0.2) is 60.3 Å². The van der Waals surface area contributed by atoms with E-state index < -0.39 is 12.8 Å². The molecule has 0 amide bonds. The molecule has 0 N–H and O–H groups in total. The molecule has 2 nitrogen and oxygen atoms in total. The van der Waals surface area contributed by atoms with Crippen LogP contribution in [0.3, 0.4) is 0 Å². The van der Waals surface area contributed by atoms with Crippen LogP contribution in [-0.4, -0.2) is 39.3 Å². The van der Waals surface area contributed by atoms with Crippen molar-refractivity contribution in [2.24, 2.45) is 23.7 Å². The fourth-order valence-corrected chi connectivity index (χ4v) is 5.19. The lowest BCUT2D eigenvalue weighted by molar-refractivity contribution is 0.0509. The molecule has 0 aromatic heterocycles. The minimum absolute atomic E-state index is 0.675.